The van der Waals surface area contributed by atoms with E-state index in [1.54, 1.807) is 7.05 Å². The number of carbonyl (C=O) groups excluding carboxylic acids is 1. The summed E-state index contributed by atoms with van der Waals surface area (Å²) in [6, 6.07) is 0. The third kappa shape index (κ3) is 2.41. The van der Waals surface area contributed by atoms with Crippen LogP contribution in [0.1, 0.15) is 24.2 Å². The molecule has 1 fully saturated rings. The molecule has 2 rings (SSSR count). The summed E-state index contributed by atoms with van der Waals surface area (Å²) in [5, 5.41) is 3.42. The first kappa shape index (κ1) is 13.1. The van der Waals surface area contributed by atoms with Gasteiger partial charge >= 0.3 is 0 Å². The van der Waals surface area contributed by atoms with Crippen molar-refractivity contribution >= 4 is 28.3 Å². The van der Waals surface area contributed by atoms with Crippen molar-refractivity contribution in [1.82, 2.24) is 9.69 Å². The van der Waals surface area contributed by atoms with Crippen LogP contribution in [0.2, 0.25) is 0 Å². The molecule has 1 aromatic rings. The van der Waals surface area contributed by atoms with E-state index in [2.05, 4.69) is 14.6 Å². The quantitative estimate of drug-likeness (QED) is 0.827. The predicted molar refractivity (Wildman–Crippen MR) is 72.2 cm³/mol. The minimum absolute atomic E-state index is 0.194. The van der Waals surface area contributed by atoms with Crippen molar-refractivity contribution in [3.8, 4) is 0 Å². The van der Waals surface area contributed by atoms with E-state index in [0.29, 0.717) is 18.0 Å². The average Bonchev–Trinajstić information content (AvgIpc) is 2.69. The Labute approximate surface area is 110 Å². The first-order chi connectivity index (χ1) is 8.44. The fourth-order valence-corrected chi connectivity index (χ4v) is 2.87. The van der Waals surface area contributed by atoms with Crippen LogP contribution in [0.3, 0.4) is 0 Å². The Balaban J connectivity index is 2.31. The second-order valence-electron chi connectivity index (χ2n) is 4.86. The molecule has 0 aromatic carbocycles. The summed E-state index contributed by atoms with van der Waals surface area (Å²) in [6.45, 7) is 6.16. The topological polar surface area (TPSA) is 80.5 Å². The second kappa shape index (κ2) is 4.74. The van der Waals surface area contributed by atoms with Gasteiger partial charge in [-0.3, -0.25) is 4.79 Å². The normalized spacial score (nSPS) is 18.7. The second-order valence-corrected chi connectivity index (χ2v) is 5.61. The number of nitrogens with one attached hydrogen (secondary N) is 1. The van der Waals surface area contributed by atoms with Crippen LogP contribution in [0.15, 0.2) is 0 Å². The number of hydrogen-bond acceptors (Lipinski definition) is 6. The molecule has 1 aromatic heterocycles. The van der Waals surface area contributed by atoms with Gasteiger partial charge in [0.1, 0.15) is 10.6 Å². The van der Waals surface area contributed by atoms with Crippen molar-refractivity contribution in [1.29, 1.82) is 0 Å². The number of nitrogen functional groups attached to an aromatic ring is 1. The Morgan fingerprint density at radius 2 is 2.33 bits per heavy atom. The van der Waals surface area contributed by atoms with Crippen molar-refractivity contribution in [2.24, 2.45) is 0 Å². The van der Waals surface area contributed by atoms with Crippen LogP contribution < -0.4 is 16.0 Å². The van der Waals surface area contributed by atoms with E-state index in [0.717, 1.165) is 18.1 Å². The third-order valence-electron chi connectivity index (χ3n) is 2.87. The summed E-state index contributed by atoms with van der Waals surface area (Å²) < 4.78 is 9.75. The van der Waals surface area contributed by atoms with Crippen LogP contribution in [-0.4, -0.2) is 42.6 Å². The van der Waals surface area contributed by atoms with E-state index in [9.17, 15) is 4.79 Å². The van der Waals surface area contributed by atoms with Crippen LogP contribution in [0.4, 0.5) is 10.8 Å². The van der Waals surface area contributed by atoms with Gasteiger partial charge in [-0.15, -0.1) is 0 Å². The number of anilines is 2. The largest absolute Gasteiger partial charge is 0.382 e. The SMILES string of the molecule is CNC(=O)c1c(N)nsc1N1CCOC(C)(C)C1. The van der Waals surface area contributed by atoms with Gasteiger partial charge in [0.05, 0.1) is 12.2 Å². The maximum Gasteiger partial charge on any atom is 0.257 e. The molecule has 1 saturated heterocycles. The van der Waals surface area contributed by atoms with Gasteiger partial charge in [-0.25, -0.2) is 0 Å². The van der Waals surface area contributed by atoms with E-state index >= 15 is 0 Å². The lowest BCUT2D eigenvalue weighted by Crippen LogP contribution is -2.48. The molecule has 18 heavy (non-hydrogen) atoms. The van der Waals surface area contributed by atoms with E-state index < -0.39 is 0 Å². The molecular formula is C11H18N4O2S. The Morgan fingerprint density at radius 1 is 1.61 bits per heavy atom. The number of carbonyl (C=O) groups is 1. The Hall–Kier alpha value is -1.34. The number of nitrogens with two attached hydrogens (primary N) is 1. The van der Waals surface area contributed by atoms with Crippen molar-refractivity contribution in [3.05, 3.63) is 5.56 Å². The maximum absolute atomic E-state index is 11.8. The Morgan fingerprint density at radius 3 is 2.94 bits per heavy atom. The fraction of sp³-hybridized carbons (Fsp3) is 0.636. The lowest BCUT2D eigenvalue weighted by Gasteiger charge is -2.38. The molecule has 0 saturated carbocycles. The molecule has 0 bridgehead atoms. The molecule has 2 heterocycles. The van der Waals surface area contributed by atoms with Crippen LogP contribution in [0, 0.1) is 0 Å². The van der Waals surface area contributed by atoms with Crippen molar-refractivity contribution in [2.45, 2.75) is 19.4 Å². The molecule has 1 aliphatic rings. The van der Waals surface area contributed by atoms with Gasteiger partial charge in [0.15, 0.2) is 5.82 Å². The lowest BCUT2D eigenvalue weighted by molar-refractivity contribution is -0.0275. The van der Waals surface area contributed by atoms with Gasteiger partial charge in [0.2, 0.25) is 0 Å². The first-order valence-corrected chi connectivity index (χ1v) is 6.58. The van der Waals surface area contributed by atoms with E-state index in [4.69, 9.17) is 10.5 Å². The summed E-state index contributed by atoms with van der Waals surface area (Å²) in [4.78, 5) is 14.0. The van der Waals surface area contributed by atoms with Gasteiger partial charge in [0.25, 0.3) is 5.91 Å². The highest BCUT2D eigenvalue weighted by atomic mass is 32.1. The van der Waals surface area contributed by atoms with E-state index in [1.165, 1.54) is 11.5 Å². The van der Waals surface area contributed by atoms with Crippen LogP contribution >= 0.6 is 11.5 Å². The maximum atomic E-state index is 11.8. The van der Waals surface area contributed by atoms with Crippen LogP contribution in [0.25, 0.3) is 0 Å². The monoisotopic (exact) mass is 270 g/mol. The molecule has 0 aliphatic carbocycles. The average molecular weight is 270 g/mol. The van der Waals surface area contributed by atoms with Crippen molar-refractivity contribution in [3.63, 3.8) is 0 Å². The zero-order valence-electron chi connectivity index (χ0n) is 10.8. The Kier molecular flexibility index (Phi) is 3.45. The highest BCUT2D eigenvalue weighted by Crippen LogP contribution is 2.33. The van der Waals surface area contributed by atoms with Crippen LogP contribution in [0.5, 0.6) is 0 Å². The fourth-order valence-electron chi connectivity index (χ4n) is 2.04. The number of ether oxygens (including phenoxy) is 1. The van der Waals surface area contributed by atoms with E-state index in [1.807, 2.05) is 13.8 Å². The molecule has 0 atom stereocenters. The molecule has 1 amide bonds. The van der Waals surface area contributed by atoms with Crippen molar-refractivity contribution in [2.75, 3.05) is 37.4 Å². The molecule has 7 heteroatoms. The summed E-state index contributed by atoms with van der Waals surface area (Å²) in [5.41, 5.74) is 6.02. The van der Waals surface area contributed by atoms with E-state index in [-0.39, 0.29) is 11.5 Å². The van der Waals surface area contributed by atoms with Gasteiger partial charge in [-0.2, -0.15) is 4.37 Å². The number of amides is 1. The lowest BCUT2D eigenvalue weighted by atomic mass is 10.1. The number of rotatable bonds is 2. The molecule has 0 unspecified atom stereocenters. The summed E-state index contributed by atoms with van der Waals surface area (Å²) in [6.07, 6.45) is 0. The minimum Gasteiger partial charge on any atom is -0.382 e. The van der Waals surface area contributed by atoms with Gasteiger partial charge in [0, 0.05) is 20.1 Å². The number of nitrogens with zero attached hydrogens (tertiary/aromatic N) is 2. The minimum atomic E-state index is -0.225. The van der Waals surface area contributed by atoms with Gasteiger partial charge in [-0.1, -0.05) is 0 Å². The standard InChI is InChI=1S/C11H18N4O2S/c1-11(2)6-15(4-5-17-11)10-7(9(16)13-3)8(12)14-18-10/h4-6H2,1-3H3,(H2,12,14)(H,13,16). The molecule has 0 spiro atoms. The van der Waals surface area contributed by atoms with Crippen LogP contribution in [-0.2, 0) is 4.74 Å². The number of aromatic nitrogens is 1. The first-order valence-electron chi connectivity index (χ1n) is 5.81. The number of hydrogen-bond donors (Lipinski definition) is 2. The zero-order chi connectivity index (χ0) is 13.3. The molecule has 3 N–H and O–H groups in total. The number of morpholine rings is 1. The van der Waals surface area contributed by atoms with Gasteiger partial charge < -0.3 is 20.7 Å². The highest BCUT2D eigenvalue weighted by molar-refractivity contribution is 7.11. The van der Waals surface area contributed by atoms with Crippen molar-refractivity contribution < 1.29 is 9.53 Å². The molecule has 0 radical (unpaired) electrons. The molecule has 1 aliphatic heterocycles. The zero-order valence-corrected chi connectivity index (χ0v) is 11.6. The smallest absolute Gasteiger partial charge is 0.257 e. The Bertz CT molecular complexity index is 458. The summed E-state index contributed by atoms with van der Waals surface area (Å²) in [7, 11) is 1.59. The molecule has 6 nitrogen and oxygen atoms in total. The summed E-state index contributed by atoms with van der Waals surface area (Å²) in [5.74, 6) is 0.0965. The third-order valence-corrected chi connectivity index (χ3v) is 3.79. The molecule has 100 valence electrons. The predicted octanol–water partition coefficient (Wildman–Crippen LogP) is 0.700. The van der Waals surface area contributed by atoms with Gasteiger partial charge in [-0.05, 0) is 25.4 Å². The summed E-state index contributed by atoms with van der Waals surface area (Å²) >= 11 is 1.26. The molecular weight excluding hydrogens is 252 g/mol. The highest BCUT2D eigenvalue weighted by Gasteiger charge is 2.31.